The lowest BCUT2D eigenvalue weighted by Gasteiger charge is -2.03. The summed E-state index contributed by atoms with van der Waals surface area (Å²) in [5, 5.41) is 0. The summed E-state index contributed by atoms with van der Waals surface area (Å²) in [5.74, 6) is 0. The average molecular weight is 218 g/mol. The van der Waals surface area contributed by atoms with Gasteiger partial charge in [-0.05, 0) is 38.8 Å². The van der Waals surface area contributed by atoms with Gasteiger partial charge in [0.05, 0.1) is 12.0 Å². The summed E-state index contributed by atoms with van der Waals surface area (Å²) in [5.41, 5.74) is 8.54. The lowest BCUT2D eigenvalue weighted by molar-refractivity contribution is 1.19. The maximum absolute atomic E-state index is 5.36. The fraction of sp³-hybridized carbons (Fsp3) is 0.357. The van der Waals surface area contributed by atoms with E-state index in [1.165, 1.54) is 11.9 Å². The highest BCUT2D eigenvalue weighted by molar-refractivity contribution is 5.57. The van der Waals surface area contributed by atoms with Crippen molar-refractivity contribution in [1.29, 1.82) is 0 Å². The van der Waals surface area contributed by atoms with Crippen LogP contribution in [-0.2, 0) is 0 Å². The third-order valence-electron chi connectivity index (χ3n) is 2.06. The summed E-state index contributed by atoms with van der Waals surface area (Å²) < 4.78 is 0. The molecule has 0 saturated carbocycles. The molecule has 2 nitrogen and oxygen atoms in total. The molecule has 0 rings (SSSR count). The van der Waals surface area contributed by atoms with Crippen LogP contribution in [0.25, 0.3) is 0 Å². The normalized spacial score (nSPS) is 15.4. The van der Waals surface area contributed by atoms with Gasteiger partial charge in [0.25, 0.3) is 0 Å². The van der Waals surface area contributed by atoms with Crippen molar-refractivity contribution in [2.24, 2.45) is 10.7 Å². The zero-order valence-electron chi connectivity index (χ0n) is 10.7. The van der Waals surface area contributed by atoms with Gasteiger partial charge >= 0.3 is 0 Å². The van der Waals surface area contributed by atoms with Crippen molar-refractivity contribution in [3.8, 4) is 0 Å². The van der Waals surface area contributed by atoms with Crippen LogP contribution < -0.4 is 5.73 Å². The molecule has 0 unspecified atom stereocenters. The number of hydrogen-bond donors (Lipinski definition) is 1. The Morgan fingerprint density at radius 2 is 2.00 bits per heavy atom. The molecule has 0 aromatic heterocycles. The van der Waals surface area contributed by atoms with Gasteiger partial charge < -0.3 is 5.73 Å². The molecule has 0 atom stereocenters. The topological polar surface area (TPSA) is 38.4 Å². The van der Waals surface area contributed by atoms with E-state index in [1.54, 1.807) is 0 Å². The molecule has 0 radical (unpaired) electrons. The van der Waals surface area contributed by atoms with Crippen LogP contribution in [0.5, 0.6) is 0 Å². The summed E-state index contributed by atoms with van der Waals surface area (Å²) >= 11 is 0. The van der Waals surface area contributed by atoms with Crippen LogP contribution in [0.1, 0.15) is 34.1 Å². The maximum atomic E-state index is 5.36. The molecule has 0 fully saturated rings. The summed E-state index contributed by atoms with van der Waals surface area (Å²) in [6, 6.07) is 0. The fourth-order valence-electron chi connectivity index (χ4n) is 1.38. The zero-order valence-corrected chi connectivity index (χ0v) is 10.7. The van der Waals surface area contributed by atoms with Gasteiger partial charge in [-0.25, -0.2) is 4.99 Å². The Morgan fingerprint density at radius 3 is 2.44 bits per heavy atom. The Bertz CT molecular complexity index is 342. The van der Waals surface area contributed by atoms with Crippen molar-refractivity contribution in [3.63, 3.8) is 0 Å². The van der Waals surface area contributed by atoms with Gasteiger partial charge in [-0.2, -0.15) is 0 Å². The standard InChI is InChI=1S/C14H22N2/c1-5-8-12(4)10-14(16-11-15)13(7-3)9-6-2/h6-11H,5H2,1-4H3,(H2,15,16)/b9-6-,12-8-,13-7-,14-10+. The Morgan fingerprint density at radius 1 is 1.31 bits per heavy atom. The van der Waals surface area contributed by atoms with E-state index in [1.807, 2.05) is 38.2 Å². The molecular weight excluding hydrogens is 196 g/mol. The zero-order chi connectivity index (χ0) is 12.4. The predicted octanol–water partition coefficient (Wildman–Crippen LogP) is 3.74. The molecule has 16 heavy (non-hydrogen) atoms. The smallest absolute Gasteiger partial charge is 0.0860 e. The Balaban J connectivity index is 5.22. The largest absolute Gasteiger partial charge is 0.390 e. The van der Waals surface area contributed by atoms with E-state index >= 15 is 0 Å². The maximum Gasteiger partial charge on any atom is 0.0860 e. The van der Waals surface area contributed by atoms with Crippen LogP contribution in [0.2, 0.25) is 0 Å². The lowest BCUT2D eigenvalue weighted by atomic mass is 10.1. The molecule has 0 aliphatic rings. The number of hydrogen-bond acceptors (Lipinski definition) is 1. The minimum absolute atomic E-state index is 0.894. The summed E-state index contributed by atoms with van der Waals surface area (Å²) in [6.07, 6.45) is 12.6. The first-order chi connectivity index (χ1) is 7.69. The second-order valence-corrected chi connectivity index (χ2v) is 3.41. The Kier molecular flexibility index (Phi) is 7.86. The molecule has 0 spiro atoms. The van der Waals surface area contributed by atoms with Gasteiger partial charge in [0, 0.05) is 0 Å². The highest BCUT2D eigenvalue weighted by Crippen LogP contribution is 2.15. The van der Waals surface area contributed by atoms with E-state index in [2.05, 4.69) is 24.9 Å². The molecule has 88 valence electrons. The molecule has 2 heteroatoms. The lowest BCUT2D eigenvalue weighted by Crippen LogP contribution is -1.92. The minimum atomic E-state index is 0.894. The summed E-state index contributed by atoms with van der Waals surface area (Å²) in [6.45, 7) is 8.17. The van der Waals surface area contributed by atoms with Crippen LogP contribution in [0.3, 0.4) is 0 Å². The molecule has 0 amide bonds. The van der Waals surface area contributed by atoms with Gasteiger partial charge in [-0.15, -0.1) is 0 Å². The van der Waals surface area contributed by atoms with Gasteiger partial charge in [0.1, 0.15) is 0 Å². The third kappa shape index (κ3) is 5.35. The highest BCUT2D eigenvalue weighted by atomic mass is 14.8. The molecule has 2 N–H and O–H groups in total. The van der Waals surface area contributed by atoms with Crippen LogP contribution in [0.15, 0.2) is 52.2 Å². The van der Waals surface area contributed by atoms with E-state index in [0.717, 1.165) is 17.7 Å². The molecule has 0 heterocycles. The molecule has 0 aromatic rings. The van der Waals surface area contributed by atoms with Gasteiger partial charge in [0.15, 0.2) is 0 Å². The minimum Gasteiger partial charge on any atom is -0.390 e. The van der Waals surface area contributed by atoms with Crippen molar-refractivity contribution in [3.05, 3.63) is 47.2 Å². The molecule has 0 saturated heterocycles. The van der Waals surface area contributed by atoms with Crippen molar-refractivity contribution in [1.82, 2.24) is 0 Å². The molecular formula is C14H22N2. The van der Waals surface area contributed by atoms with E-state index < -0.39 is 0 Å². The molecule has 0 aliphatic heterocycles. The van der Waals surface area contributed by atoms with Crippen LogP contribution in [-0.4, -0.2) is 6.34 Å². The number of nitrogens with zero attached hydrogens (tertiary/aromatic N) is 1. The van der Waals surface area contributed by atoms with Crippen molar-refractivity contribution in [2.75, 3.05) is 0 Å². The van der Waals surface area contributed by atoms with Crippen LogP contribution in [0.4, 0.5) is 0 Å². The van der Waals surface area contributed by atoms with E-state index in [9.17, 15) is 0 Å². The van der Waals surface area contributed by atoms with Gasteiger partial charge in [0.2, 0.25) is 0 Å². The van der Waals surface area contributed by atoms with Crippen molar-refractivity contribution < 1.29 is 0 Å². The SMILES string of the molecule is C\C=C/C(=C/C)C(=C\C(C)=C/CC)/N=CN. The molecule has 0 aliphatic carbocycles. The Labute approximate surface area is 99.0 Å². The second kappa shape index (κ2) is 8.72. The van der Waals surface area contributed by atoms with Gasteiger partial charge in [-0.1, -0.05) is 36.8 Å². The first-order valence-electron chi connectivity index (χ1n) is 5.61. The van der Waals surface area contributed by atoms with Gasteiger partial charge in [-0.3, -0.25) is 0 Å². The summed E-state index contributed by atoms with van der Waals surface area (Å²) in [4.78, 5) is 4.19. The monoisotopic (exact) mass is 218 g/mol. The van der Waals surface area contributed by atoms with E-state index in [0.29, 0.717) is 0 Å². The first kappa shape index (κ1) is 14.4. The summed E-state index contributed by atoms with van der Waals surface area (Å²) in [7, 11) is 0. The average Bonchev–Trinajstić information content (AvgIpc) is 2.25. The molecule has 0 bridgehead atoms. The van der Waals surface area contributed by atoms with Crippen molar-refractivity contribution in [2.45, 2.75) is 34.1 Å². The first-order valence-corrected chi connectivity index (χ1v) is 5.61. The van der Waals surface area contributed by atoms with Crippen LogP contribution in [0, 0.1) is 0 Å². The highest BCUT2D eigenvalue weighted by Gasteiger charge is 1.98. The quantitative estimate of drug-likeness (QED) is 0.426. The second-order valence-electron chi connectivity index (χ2n) is 3.41. The van der Waals surface area contributed by atoms with Crippen molar-refractivity contribution >= 4 is 6.34 Å². The Hall–Kier alpha value is -1.57. The van der Waals surface area contributed by atoms with Crippen LogP contribution >= 0.6 is 0 Å². The number of nitrogens with two attached hydrogens (primary N) is 1. The number of allylic oxidation sites excluding steroid dienone is 6. The van der Waals surface area contributed by atoms with E-state index in [4.69, 9.17) is 5.73 Å². The third-order valence-corrected chi connectivity index (χ3v) is 2.06. The fourth-order valence-corrected chi connectivity index (χ4v) is 1.38. The van der Waals surface area contributed by atoms with E-state index in [-0.39, 0.29) is 0 Å². The number of rotatable bonds is 5. The predicted molar refractivity (Wildman–Crippen MR) is 73.4 cm³/mol. The molecule has 0 aromatic carbocycles. The number of aliphatic imine (C=N–C) groups is 1.